The zero-order valence-corrected chi connectivity index (χ0v) is 8.25. The van der Waals surface area contributed by atoms with Gasteiger partial charge in [-0.15, -0.1) is 0 Å². The van der Waals surface area contributed by atoms with Gasteiger partial charge in [-0.3, -0.25) is 9.97 Å². The Balaban J connectivity index is 2.99. The molecule has 1 aromatic heterocycles. The lowest BCUT2D eigenvalue weighted by molar-refractivity contribution is 0.576. The molecule has 0 aliphatic carbocycles. The molecule has 1 N–H and O–H groups in total. The van der Waals surface area contributed by atoms with Gasteiger partial charge in [-0.1, -0.05) is 0 Å². The van der Waals surface area contributed by atoms with Crippen molar-refractivity contribution in [1.82, 2.24) is 14.7 Å². The van der Waals surface area contributed by atoms with Crippen LogP contribution in [0.3, 0.4) is 0 Å². The van der Waals surface area contributed by atoms with Crippen molar-refractivity contribution in [3.05, 3.63) is 24.3 Å². The summed E-state index contributed by atoms with van der Waals surface area (Å²) in [7, 11) is -1.93. The highest BCUT2D eigenvalue weighted by atomic mass is 32.2. The van der Waals surface area contributed by atoms with E-state index in [2.05, 4.69) is 14.7 Å². The van der Waals surface area contributed by atoms with Gasteiger partial charge in [-0.25, -0.2) is 13.1 Å². The van der Waals surface area contributed by atoms with Crippen LogP contribution in [-0.2, 0) is 10.0 Å². The predicted molar refractivity (Wildman–Crippen MR) is 48.4 cm³/mol. The Morgan fingerprint density at radius 2 is 2.15 bits per heavy atom. The lowest BCUT2D eigenvalue weighted by Gasteiger charge is -2.09. The molecule has 0 amide bonds. The van der Waals surface area contributed by atoms with Crippen molar-refractivity contribution in [2.75, 3.05) is 7.05 Å². The first kappa shape index (κ1) is 10.1. The number of nitrogens with one attached hydrogen (secondary N) is 1. The molecule has 13 heavy (non-hydrogen) atoms. The Labute approximate surface area is 77.3 Å². The van der Waals surface area contributed by atoms with Crippen LogP contribution in [0, 0.1) is 0 Å². The van der Waals surface area contributed by atoms with Gasteiger partial charge in [0.2, 0.25) is 10.0 Å². The summed E-state index contributed by atoms with van der Waals surface area (Å²) in [5.41, 5.74) is 0.442. The molecule has 0 aromatic carbocycles. The predicted octanol–water partition coefficient (Wildman–Crippen LogP) is 0.0868. The second-order valence-electron chi connectivity index (χ2n) is 2.52. The van der Waals surface area contributed by atoms with E-state index in [4.69, 9.17) is 0 Å². The van der Waals surface area contributed by atoms with Gasteiger partial charge in [0.1, 0.15) is 5.25 Å². The molecular weight excluding hydrogens is 190 g/mol. The van der Waals surface area contributed by atoms with Crippen LogP contribution in [0.1, 0.15) is 17.9 Å². The van der Waals surface area contributed by atoms with E-state index < -0.39 is 15.3 Å². The summed E-state index contributed by atoms with van der Waals surface area (Å²) in [4.78, 5) is 7.71. The third kappa shape index (κ3) is 2.22. The van der Waals surface area contributed by atoms with Crippen molar-refractivity contribution in [3.8, 4) is 0 Å². The Morgan fingerprint density at radius 1 is 1.46 bits per heavy atom. The highest BCUT2D eigenvalue weighted by molar-refractivity contribution is 7.89. The molecular formula is C7H11N3O2S. The maximum absolute atomic E-state index is 11.3. The second-order valence-corrected chi connectivity index (χ2v) is 4.73. The molecule has 1 rings (SSSR count). The Morgan fingerprint density at radius 3 is 2.62 bits per heavy atom. The van der Waals surface area contributed by atoms with Gasteiger partial charge in [-0.05, 0) is 14.0 Å². The van der Waals surface area contributed by atoms with Gasteiger partial charge in [0.15, 0.2) is 0 Å². The summed E-state index contributed by atoms with van der Waals surface area (Å²) < 4.78 is 24.9. The molecule has 0 spiro atoms. The van der Waals surface area contributed by atoms with Crippen molar-refractivity contribution in [2.45, 2.75) is 12.2 Å². The Kier molecular flexibility index (Phi) is 2.94. The molecule has 0 unspecified atom stereocenters. The van der Waals surface area contributed by atoms with Gasteiger partial charge in [0.05, 0.1) is 5.69 Å². The summed E-state index contributed by atoms with van der Waals surface area (Å²) in [5.74, 6) is 0. The topological polar surface area (TPSA) is 72.0 Å². The van der Waals surface area contributed by atoms with Gasteiger partial charge in [0.25, 0.3) is 0 Å². The molecule has 1 heterocycles. The summed E-state index contributed by atoms with van der Waals surface area (Å²) in [5, 5.41) is -0.675. The van der Waals surface area contributed by atoms with Crippen LogP contribution in [0.5, 0.6) is 0 Å². The van der Waals surface area contributed by atoms with Crippen LogP contribution in [0.15, 0.2) is 18.6 Å². The summed E-state index contributed by atoms with van der Waals surface area (Å²) in [6.45, 7) is 1.57. The summed E-state index contributed by atoms with van der Waals surface area (Å²) in [6.07, 6.45) is 4.42. The van der Waals surface area contributed by atoms with Crippen LogP contribution in [0.4, 0.5) is 0 Å². The first-order valence-corrected chi connectivity index (χ1v) is 5.31. The second kappa shape index (κ2) is 3.80. The van der Waals surface area contributed by atoms with Crippen LogP contribution in [0.2, 0.25) is 0 Å². The van der Waals surface area contributed by atoms with Crippen molar-refractivity contribution in [3.63, 3.8) is 0 Å². The highest BCUT2D eigenvalue weighted by Crippen LogP contribution is 2.16. The molecule has 0 bridgehead atoms. The molecule has 0 aliphatic heterocycles. The van der Waals surface area contributed by atoms with Crippen molar-refractivity contribution < 1.29 is 8.42 Å². The minimum Gasteiger partial charge on any atom is -0.261 e. The molecule has 0 aliphatic rings. The van der Waals surface area contributed by atoms with E-state index in [-0.39, 0.29) is 0 Å². The van der Waals surface area contributed by atoms with Gasteiger partial charge >= 0.3 is 0 Å². The summed E-state index contributed by atoms with van der Waals surface area (Å²) in [6, 6.07) is 0. The molecule has 0 saturated heterocycles. The Bertz CT molecular complexity index is 363. The van der Waals surface area contributed by atoms with Crippen LogP contribution in [0.25, 0.3) is 0 Å². The fourth-order valence-electron chi connectivity index (χ4n) is 0.856. The van der Waals surface area contributed by atoms with Crippen LogP contribution < -0.4 is 4.72 Å². The van der Waals surface area contributed by atoms with Crippen molar-refractivity contribution in [2.24, 2.45) is 0 Å². The first-order valence-electron chi connectivity index (χ1n) is 3.76. The molecule has 1 atom stereocenters. The molecule has 5 nitrogen and oxygen atoms in total. The van der Waals surface area contributed by atoms with E-state index in [0.717, 1.165) is 0 Å². The minimum absolute atomic E-state index is 0.442. The smallest absolute Gasteiger partial charge is 0.219 e. The van der Waals surface area contributed by atoms with Crippen molar-refractivity contribution >= 4 is 10.0 Å². The zero-order chi connectivity index (χ0) is 9.90. The number of hydrogen-bond acceptors (Lipinski definition) is 4. The number of rotatable bonds is 3. The molecule has 1 aromatic rings. The fraction of sp³-hybridized carbons (Fsp3) is 0.429. The van der Waals surface area contributed by atoms with E-state index in [1.54, 1.807) is 6.92 Å². The quantitative estimate of drug-likeness (QED) is 0.752. The van der Waals surface area contributed by atoms with E-state index >= 15 is 0 Å². The number of sulfonamides is 1. The van der Waals surface area contributed by atoms with E-state index in [1.165, 1.54) is 25.6 Å². The van der Waals surface area contributed by atoms with E-state index in [1.807, 2.05) is 0 Å². The first-order chi connectivity index (χ1) is 6.08. The third-order valence-corrected chi connectivity index (χ3v) is 3.49. The number of aromatic nitrogens is 2. The van der Waals surface area contributed by atoms with Gasteiger partial charge < -0.3 is 0 Å². The minimum atomic E-state index is -3.30. The lowest BCUT2D eigenvalue weighted by Crippen LogP contribution is -2.24. The molecule has 0 saturated carbocycles. The average molecular weight is 201 g/mol. The molecule has 0 fully saturated rings. The monoisotopic (exact) mass is 201 g/mol. The molecule has 0 radical (unpaired) electrons. The largest absolute Gasteiger partial charge is 0.261 e. The molecule has 6 heteroatoms. The van der Waals surface area contributed by atoms with Crippen LogP contribution >= 0.6 is 0 Å². The molecule has 72 valence electrons. The highest BCUT2D eigenvalue weighted by Gasteiger charge is 2.21. The van der Waals surface area contributed by atoms with E-state index in [9.17, 15) is 8.42 Å². The van der Waals surface area contributed by atoms with Crippen LogP contribution in [-0.4, -0.2) is 25.4 Å². The number of hydrogen-bond donors (Lipinski definition) is 1. The standard InChI is InChI=1S/C7H11N3O2S/c1-6(13(11,12)8-2)7-5-9-3-4-10-7/h3-6,8H,1-2H3/t6-/m0/s1. The SMILES string of the molecule is CNS(=O)(=O)[C@@H](C)c1cnccn1. The summed E-state index contributed by atoms with van der Waals surface area (Å²) >= 11 is 0. The fourth-order valence-corrected chi connectivity index (χ4v) is 1.65. The normalized spacial score (nSPS) is 14.0. The van der Waals surface area contributed by atoms with Crippen molar-refractivity contribution in [1.29, 1.82) is 0 Å². The number of nitrogens with zero attached hydrogens (tertiary/aromatic N) is 2. The van der Waals surface area contributed by atoms with Gasteiger partial charge in [0, 0.05) is 18.6 Å². The van der Waals surface area contributed by atoms with E-state index in [0.29, 0.717) is 5.69 Å². The van der Waals surface area contributed by atoms with Gasteiger partial charge in [-0.2, -0.15) is 0 Å². The lowest BCUT2D eigenvalue weighted by atomic mass is 10.3. The maximum atomic E-state index is 11.3. The Hall–Kier alpha value is -1.01. The zero-order valence-electron chi connectivity index (χ0n) is 7.43. The average Bonchev–Trinajstić information content (AvgIpc) is 2.18. The third-order valence-electron chi connectivity index (χ3n) is 1.75. The maximum Gasteiger partial charge on any atom is 0.219 e.